The Bertz CT molecular complexity index is 1580. The summed E-state index contributed by atoms with van der Waals surface area (Å²) in [5, 5.41) is 6.25. The van der Waals surface area contributed by atoms with E-state index in [4.69, 9.17) is 18.6 Å². The van der Waals surface area contributed by atoms with Crippen LogP contribution in [0, 0.1) is 5.92 Å². The van der Waals surface area contributed by atoms with Crippen LogP contribution in [-0.2, 0) is 9.59 Å². The highest BCUT2D eigenvalue weighted by molar-refractivity contribution is 6.15. The smallest absolute Gasteiger partial charge is 0.293 e. The van der Waals surface area contributed by atoms with Crippen molar-refractivity contribution in [2.45, 2.75) is 6.42 Å². The van der Waals surface area contributed by atoms with Gasteiger partial charge < -0.3 is 34.2 Å². The standard InChI is InChI=1S/C29H25N3O7/c1-36-20-9-7-19(8-10-20)32-16-17(14-25(32)33)28(34)31-26-21-4-2-3-5-22(21)39-27(26)29(35)30-18-6-11-23-24(15-18)38-13-12-37-23/h2-11,15,17H,12-14,16H2,1H3,(H,30,35)(H,31,34)/t17-/m0/s1. The minimum absolute atomic E-state index is 0.0456. The van der Waals surface area contributed by atoms with Crippen LogP contribution in [0.3, 0.4) is 0 Å². The van der Waals surface area contributed by atoms with Crippen LogP contribution < -0.4 is 29.7 Å². The molecule has 1 aromatic heterocycles. The van der Waals surface area contributed by atoms with Crippen molar-refractivity contribution in [1.82, 2.24) is 0 Å². The second-order valence-electron chi connectivity index (χ2n) is 9.21. The van der Waals surface area contributed by atoms with Crippen molar-refractivity contribution in [3.63, 3.8) is 0 Å². The zero-order valence-electron chi connectivity index (χ0n) is 21.1. The second kappa shape index (κ2) is 10.1. The number of nitrogens with one attached hydrogen (secondary N) is 2. The van der Waals surface area contributed by atoms with Gasteiger partial charge in [0.1, 0.15) is 30.2 Å². The quantitative estimate of drug-likeness (QED) is 0.380. The third kappa shape index (κ3) is 4.72. The first-order valence-corrected chi connectivity index (χ1v) is 12.5. The highest BCUT2D eigenvalue weighted by Crippen LogP contribution is 2.35. The minimum atomic E-state index is -0.609. The number of hydrogen-bond acceptors (Lipinski definition) is 7. The fourth-order valence-electron chi connectivity index (χ4n) is 4.76. The van der Waals surface area contributed by atoms with Gasteiger partial charge >= 0.3 is 0 Å². The van der Waals surface area contributed by atoms with Crippen LogP contribution in [-0.4, -0.2) is 44.6 Å². The van der Waals surface area contributed by atoms with Crippen molar-refractivity contribution < 1.29 is 33.0 Å². The molecule has 3 amide bonds. The molecule has 1 saturated heterocycles. The fraction of sp³-hybridized carbons (Fsp3) is 0.207. The van der Waals surface area contributed by atoms with E-state index in [1.54, 1.807) is 78.7 Å². The molecular weight excluding hydrogens is 502 g/mol. The van der Waals surface area contributed by atoms with Crippen molar-refractivity contribution in [2.24, 2.45) is 5.92 Å². The van der Waals surface area contributed by atoms with Gasteiger partial charge in [-0.3, -0.25) is 14.4 Å². The number of benzene rings is 3. The Morgan fingerprint density at radius 2 is 1.72 bits per heavy atom. The predicted molar refractivity (Wildman–Crippen MR) is 144 cm³/mol. The Kier molecular flexibility index (Phi) is 6.28. The molecule has 0 bridgehead atoms. The summed E-state index contributed by atoms with van der Waals surface area (Å²) in [6, 6.07) is 19.2. The second-order valence-corrected chi connectivity index (χ2v) is 9.21. The van der Waals surface area contributed by atoms with Gasteiger partial charge in [0.05, 0.1) is 13.0 Å². The van der Waals surface area contributed by atoms with E-state index in [-0.39, 0.29) is 36.2 Å². The number of carbonyl (C=O) groups is 3. The van der Waals surface area contributed by atoms with E-state index in [9.17, 15) is 14.4 Å². The van der Waals surface area contributed by atoms with Gasteiger partial charge in [-0.1, -0.05) is 12.1 Å². The normalized spacial score (nSPS) is 16.3. The lowest BCUT2D eigenvalue weighted by Gasteiger charge is -2.19. The van der Waals surface area contributed by atoms with Crippen molar-refractivity contribution >= 4 is 45.8 Å². The topological polar surface area (TPSA) is 119 Å². The Hall–Kier alpha value is -4.99. The Balaban J connectivity index is 1.23. The molecule has 10 nitrogen and oxygen atoms in total. The maximum atomic E-state index is 13.4. The molecule has 2 aliphatic rings. The van der Waals surface area contributed by atoms with Gasteiger partial charge in [0.15, 0.2) is 11.5 Å². The van der Waals surface area contributed by atoms with Crippen molar-refractivity contribution in [3.8, 4) is 17.2 Å². The maximum absolute atomic E-state index is 13.4. The fourth-order valence-corrected chi connectivity index (χ4v) is 4.76. The van der Waals surface area contributed by atoms with Gasteiger partial charge in [-0.05, 0) is 48.5 Å². The zero-order chi connectivity index (χ0) is 26.9. The molecule has 6 rings (SSSR count). The summed E-state index contributed by atoms with van der Waals surface area (Å²) in [7, 11) is 1.57. The SMILES string of the molecule is COc1ccc(N2C[C@@H](C(=O)Nc3c(C(=O)Nc4ccc5c(c4)OCCO5)oc4ccccc34)CC2=O)cc1. The van der Waals surface area contributed by atoms with Gasteiger partial charge in [-0.2, -0.15) is 0 Å². The van der Waals surface area contributed by atoms with E-state index in [1.807, 2.05) is 0 Å². The number of amides is 3. The molecule has 0 unspecified atom stereocenters. The third-order valence-corrected chi connectivity index (χ3v) is 6.73. The van der Waals surface area contributed by atoms with Gasteiger partial charge in [0.25, 0.3) is 5.91 Å². The molecule has 1 fully saturated rings. The number of nitrogens with zero attached hydrogens (tertiary/aromatic N) is 1. The van der Waals surface area contributed by atoms with Gasteiger partial charge in [0, 0.05) is 35.8 Å². The van der Waals surface area contributed by atoms with Crippen molar-refractivity contribution in [3.05, 3.63) is 72.5 Å². The summed E-state index contributed by atoms with van der Waals surface area (Å²) in [6.07, 6.45) is 0.0480. The number of methoxy groups -OCH3 is 1. The molecule has 0 saturated carbocycles. The summed E-state index contributed by atoms with van der Waals surface area (Å²) in [6.45, 7) is 1.10. The van der Waals surface area contributed by atoms with Crippen molar-refractivity contribution in [2.75, 3.05) is 42.4 Å². The average molecular weight is 528 g/mol. The number of carbonyl (C=O) groups excluding carboxylic acids is 3. The molecule has 2 aliphatic heterocycles. The maximum Gasteiger partial charge on any atom is 0.293 e. The first kappa shape index (κ1) is 24.4. The van der Waals surface area contributed by atoms with Crippen LogP contribution in [0.2, 0.25) is 0 Å². The van der Waals surface area contributed by atoms with Crippen LogP contribution in [0.15, 0.2) is 71.1 Å². The first-order valence-electron chi connectivity index (χ1n) is 12.5. The lowest BCUT2D eigenvalue weighted by Crippen LogP contribution is -2.28. The summed E-state index contributed by atoms with van der Waals surface area (Å²) < 4.78 is 22.2. The Labute approximate surface area is 223 Å². The molecule has 198 valence electrons. The van der Waals surface area contributed by atoms with Gasteiger partial charge in [-0.25, -0.2) is 0 Å². The first-order chi connectivity index (χ1) is 19.0. The molecule has 0 radical (unpaired) electrons. The van der Waals surface area contributed by atoms with Crippen molar-refractivity contribution in [1.29, 1.82) is 0 Å². The number of rotatable bonds is 6. The molecule has 0 spiro atoms. The summed E-state index contributed by atoms with van der Waals surface area (Å²) in [5.74, 6) is 0.0790. The number of ether oxygens (including phenoxy) is 3. The molecule has 4 aromatic rings. The molecule has 2 N–H and O–H groups in total. The van der Waals surface area contributed by atoms with E-state index in [1.165, 1.54) is 0 Å². The number of para-hydroxylation sites is 1. The molecule has 39 heavy (non-hydrogen) atoms. The Morgan fingerprint density at radius 1 is 0.949 bits per heavy atom. The highest BCUT2D eigenvalue weighted by atomic mass is 16.6. The van der Waals surface area contributed by atoms with E-state index >= 15 is 0 Å². The van der Waals surface area contributed by atoms with Gasteiger partial charge in [0.2, 0.25) is 17.6 Å². The summed E-state index contributed by atoms with van der Waals surface area (Å²) in [4.78, 5) is 41.0. The van der Waals surface area contributed by atoms with Crippen LogP contribution in [0.25, 0.3) is 11.0 Å². The van der Waals surface area contributed by atoms with E-state index in [2.05, 4.69) is 10.6 Å². The lowest BCUT2D eigenvalue weighted by molar-refractivity contribution is -0.122. The summed E-state index contributed by atoms with van der Waals surface area (Å²) >= 11 is 0. The lowest BCUT2D eigenvalue weighted by atomic mass is 10.1. The highest BCUT2D eigenvalue weighted by Gasteiger charge is 2.36. The molecule has 10 heteroatoms. The van der Waals surface area contributed by atoms with E-state index in [0.717, 1.165) is 0 Å². The predicted octanol–water partition coefficient (Wildman–Crippen LogP) is 4.46. The Morgan fingerprint density at radius 3 is 2.51 bits per heavy atom. The summed E-state index contributed by atoms with van der Waals surface area (Å²) in [5.41, 5.74) is 1.87. The van der Waals surface area contributed by atoms with Crippen LogP contribution in [0.5, 0.6) is 17.2 Å². The third-order valence-electron chi connectivity index (χ3n) is 6.73. The van der Waals surface area contributed by atoms with E-state index in [0.29, 0.717) is 52.8 Å². The monoisotopic (exact) mass is 527 g/mol. The molecule has 1 atom stereocenters. The average Bonchev–Trinajstić information content (AvgIpc) is 3.54. The van der Waals surface area contributed by atoms with Crippen LogP contribution >= 0.6 is 0 Å². The number of hydrogen-bond donors (Lipinski definition) is 2. The van der Waals surface area contributed by atoms with Crippen LogP contribution in [0.4, 0.5) is 17.1 Å². The minimum Gasteiger partial charge on any atom is -0.497 e. The largest absolute Gasteiger partial charge is 0.497 e. The van der Waals surface area contributed by atoms with Gasteiger partial charge in [-0.15, -0.1) is 0 Å². The molecule has 0 aliphatic carbocycles. The number of furan rings is 1. The molecule has 3 aromatic carbocycles. The number of fused-ring (bicyclic) bond motifs is 2. The zero-order valence-corrected chi connectivity index (χ0v) is 21.1. The van der Waals surface area contributed by atoms with E-state index < -0.39 is 11.8 Å². The van der Waals surface area contributed by atoms with Crippen LogP contribution in [0.1, 0.15) is 17.0 Å². The molecular formula is C29H25N3O7. The molecule has 3 heterocycles. The number of anilines is 3.